The zero-order valence-electron chi connectivity index (χ0n) is 10.2. The van der Waals surface area contributed by atoms with E-state index in [9.17, 15) is 0 Å². The van der Waals surface area contributed by atoms with Gasteiger partial charge in [0.25, 0.3) is 0 Å². The van der Waals surface area contributed by atoms with Gasteiger partial charge < -0.3 is 14.4 Å². The molecule has 0 bridgehead atoms. The molecule has 1 aliphatic heterocycles. The molecule has 1 fully saturated rings. The Balaban J connectivity index is 2.18. The fourth-order valence-electron chi connectivity index (χ4n) is 1.98. The summed E-state index contributed by atoms with van der Waals surface area (Å²) in [4.78, 5) is 2.22. The summed E-state index contributed by atoms with van der Waals surface area (Å²) in [6.45, 7) is 6.12. The Morgan fingerprint density at radius 1 is 1.12 bits per heavy atom. The van der Waals surface area contributed by atoms with Gasteiger partial charge in [0.1, 0.15) is 6.79 Å². The van der Waals surface area contributed by atoms with E-state index in [1.807, 2.05) is 38.1 Å². The summed E-state index contributed by atoms with van der Waals surface area (Å²) in [7, 11) is 0. The molecule has 1 aromatic rings. The fraction of sp³-hybridized carbons (Fsp3) is 0.538. The van der Waals surface area contributed by atoms with Gasteiger partial charge in [-0.2, -0.15) is 0 Å². The van der Waals surface area contributed by atoms with Gasteiger partial charge in [-0.05, 0) is 26.0 Å². The molecule has 0 spiro atoms. The number of hydrogen-bond donors (Lipinski definition) is 0. The number of anilines is 1. The molecule has 2 rings (SSSR count). The van der Waals surface area contributed by atoms with Gasteiger partial charge in [-0.3, -0.25) is 0 Å². The molecule has 1 heterocycles. The van der Waals surface area contributed by atoms with Crippen molar-refractivity contribution in [2.45, 2.75) is 26.1 Å². The van der Waals surface area contributed by atoms with Crippen molar-refractivity contribution in [1.82, 2.24) is 0 Å². The Bertz CT molecular complexity index is 360. The van der Waals surface area contributed by atoms with E-state index in [4.69, 9.17) is 21.1 Å². The smallest absolute Gasteiger partial charge is 0.147 e. The molecule has 1 saturated heterocycles. The maximum absolute atomic E-state index is 6.22. The van der Waals surface area contributed by atoms with Crippen LogP contribution in [0.25, 0.3) is 0 Å². The van der Waals surface area contributed by atoms with Gasteiger partial charge in [0, 0.05) is 13.1 Å². The van der Waals surface area contributed by atoms with Crippen LogP contribution in [-0.4, -0.2) is 32.1 Å². The standard InChI is InChI=1S/C13H18ClNO2/c1-10-7-15(8-11(2)17-9-16-10)13-6-4-3-5-12(13)14/h3-6,10-11H,7-9H2,1-2H3/t10-,11+. The lowest BCUT2D eigenvalue weighted by Gasteiger charge is -2.33. The minimum atomic E-state index is 0.138. The minimum Gasteiger partial charge on any atom is -0.365 e. The van der Waals surface area contributed by atoms with E-state index in [1.165, 1.54) is 0 Å². The third-order valence-electron chi connectivity index (χ3n) is 2.85. The van der Waals surface area contributed by atoms with Crippen LogP contribution in [0, 0.1) is 0 Å². The van der Waals surface area contributed by atoms with Crippen molar-refractivity contribution in [1.29, 1.82) is 0 Å². The summed E-state index contributed by atoms with van der Waals surface area (Å²) in [5.41, 5.74) is 1.04. The highest BCUT2D eigenvalue weighted by atomic mass is 35.5. The number of hydrogen-bond acceptors (Lipinski definition) is 3. The van der Waals surface area contributed by atoms with E-state index in [0.717, 1.165) is 23.8 Å². The molecular weight excluding hydrogens is 238 g/mol. The van der Waals surface area contributed by atoms with Crippen LogP contribution in [0.5, 0.6) is 0 Å². The Morgan fingerprint density at radius 3 is 2.29 bits per heavy atom. The van der Waals surface area contributed by atoms with Crippen LogP contribution in [0.3, 0.4) is 0 Å². The summed E-state index contributed by atoms with van der Waals surface area (Å²) >= 11 is 6.22. The first-order valence-electron chi connectivity index (χ1n) is 5.89. The number of para-hydroxylation sites is 1. The topological polar surface area (TPSA) is 21.7 Å². The SMILES string of the molecule is C[C@@H]1CN(c2ccccc2Cl)C[C@H](C)OCO1. The lowest BCUT2D eigenvalue weighted by Crippen LogP contribution is -2.41. The van der Waals surface area contributed by atoms with Crippen LogP contribution < -0.4 is 4.90 Å². The lowest BCUT2D eigenvalue weighted by atomic mass is 10.2. The first kappa shape index (κ1) is 12.7. The number of nitrogens with zero attached hydrogens (tertiary/aromatic N) is 1. The van der Waals surface area contributed by atoms with Crippen molar-refractivity contribution in [3.63, 3.8) is 0 Å². The molecule has 0 amide bonds. The number of rotatable bonds is 1. The van der Waals surface area contributed by atoms with Crippen molar-refractivity contribution in [2.24, 2.45) is 0 Å². The Morgan fingerprint density at radius 2 is 1.71 bits per heavy atom. The number of halogens is 1. The van der Waals surface area contributed by atoms with Crippen LogP contribution in [0.15, 0.2) is 24.3 Å². The van der Waals surface area contributed by atoms with Crippen molar-refractivity contribution in [2.75, 3.05) is 24.8 Å². The van der Waals surface area contributed by atoms with Gasteiger partial charge in [-0.15, -0.1) is 0 Å². The minimum absolute atomic E-state index is 0.138. The zero-order chi connectivity index (χ0) is 12.3. The maximum atomic E-state index is 6.22. The monoisotopic (exact) mass is 255 g/mol. The molecule has 1 aromatic carbocycles. The van der Waals surface area contributed by atoms with Crippen molar-refractivity contribution in [3.8, 4) is 0 Å². The normalized spacial score (nSPS) is 26.4. The molecule has 3 nitrogen and oxygen atoms in total. The Hall–Kier alpha value is -0.770. The number of ether oxygens (including phenoxy) is 2. The predicted octanol–water partition coefficient (Wildman–Crippen LogP) is 2.93. The van der Waals surface area contributed by atoms with E-state index < -0.39 is 0 Å². The van der Waals surface area contributed by atoms with Crippen LogP contribution in [0.2, 0.25) is 5.02 Å². The molecule has 17 heavy (non-hydrogen) atoms. The van der Waals surface area contributed by atoms with Gasteiger partial charge in [0.05, 0.1) is 22.9 Å². The Kier molecular flexibility index (Phi) is 4.26. The van der Waals surface area contributed by atoms with Crippen LogP contribution in [-0.2, 0) is 9.47 Å². The molecule has 0 aliphatic carbocycles. The van der Waals surface area contributed by atoms with Gasteiger partial charge in [-0.1, -0.05) is 23.7 Å². The molecule has 0 unspecified atom stereocenters. The van der Waals surface area contributed by atoms with E-state index in [0.29, 0.717) is 6.79 Å². The predicted molar refractivity (Wildman–Crippen MR) is 69.6 cm³/mol. The lowest BCUT2D eigenvalue weighted by molar-refractivity contribution is -0.113. The molecule has 2 atom stereocenters. The largest absolute Gasteiger partial charge is 0.365 e. The molecule has 94 valence electrons. The zero-order valence-corrected chi connectivity index (χ0v) is 11.0. The summed E-state index contributed by atoms with van der Waals surface area (Å²) in [6, 6.07) is 7.88. The van der Waals surface area contributed by atoms with Crippen LogP contribution in [0.1, 0.15) is 13.8 Å². The summed E-state index contributed by atoms with van der Waals surface area (Å²) < 4.78 is 11.1. The molecule has 0 saturated carbocycles. The second kappa shape index (κ2) is 5.71. The molecule has 0 aromatic heterocycles. The highest BCUT2D eigenvalue weighted by Gasteiger charge is 2.19. The highest BCUT2D eigenvalue weighted by Crippen LogP contribution is 2.26. The molecule has 0 N–H and O–H groups in total. The van der Waals surface area contributed by atoms with Gasteiger partial charge in [-0.25, -0.2) is 0 Å². The van der Waals surface area contributed by atoms with Gasteiger partial charge in [0.15, 0.2) is 0 Å². The first-order valence-corrected chi connectivity index (χ1v) is 6.27. The molecular formula is C13H18ClNO2. The van der Waals surface area contributed by atoms with E-state index >= 15 is 0 Å². The second-order valence-electron chi connectivity index (χ2n) is 4.43. The van der Waals surface area contributed by atoms with Crippen molar-refractivity contribution < 1.29 is 9.47 Å². The number of benzene rings is 1. The highest BCUT2D eigenvalue weighted by molar-refractivity contribution is 6.33. The Labute approximate surface area is 107 Å². The molecule has 4 heteroatoms. The maximum Gasteiger partial charge on any atom is 0.147 e. The third-order valence-corrected chi connectivity index (χ3v) is 3.17. The van der Waals surface area contributed by atoms with Gasteiger partial charge in [0.2, 0.25) is 0 Å². The average molecular weight is 256 g/mol. The van der Waals surface area contributed by atoms with Crippen molar-refractivity contribution >= 4 is 17.3 Å². The molecule has 0 radical (unpaired) electrons. The van der Waals surface area contributed by atoms with Crippen molar-refractivity contribution in [3.05, 3.63) is 29.3 Å². The van der Waals surface area contributed by atoms with E-state index in [2.05, 4.69) is 4.90 Å². The first-order chi connectivity index (χ1) is 8.16. The van der Waals surface area contributed by atoms with Crippen LogP contribution in [0.4, 0.5) is 5.69 Å². The second-order valence-corrected chi connectivity index (χ2v) is 4.84. The third kappa shape index (κ3) is 3.35. The van der Waals surface area contributed by atoms with E-state index in [1.54, 1.807) is 0 Å². The van der Waals surface area contributed by atoms with E-state index in [-0.39, 0.29) is 12.2 Å². The summed E-state index contributed by atoms with van der Waals surface area (Å²) in [5, 5.41) is 0.771. The summed E-state index contributed by atoms with van der Waals surface area (Å²) in [6.07, 6.45) is 0.276. The summed E-state index contributed by atoms with van der Waals surface area (Å²) in [5.74, 6) is 0. The van der Waals surface area contributed by atoms with Gasteiger partial charge >= 0.3 is 0 Å². The fourth-order valence-corrected chi connectivity index (χ4v) is 2.23. The van der Waals surface area contributed by atoms with Crippen LogP contribution >= 0.6 is 11.6 Å². The average Bonchev–Trinajstić information content (AvgIpc) is 2.26. The quantitative estimate of drug-likeness (QED) is 0.770. The molecule has 1 aliphatic rings.